The molecule has 0 aliphatic heterocycles. The van der Waals surface area contributed by atoms with Crippen molar-refractivity contribution in [3.63, 3.8) is 0 Å². The van der Waals surface area contributed by atoms with E-state index in [0.717, 1.165) is 0 Å². The van der Waals surface area contributed by atoms with Crippen LogP contribution in [0.25, 0.3) is 0 Å². The molecule has 1 aromatic heterocycles. The number of nitrogens with two attached hydrogens (primary N) is 1. The lowest BCUT2D eigenvalue weighted by Crippen LogP contribution is -2.36. The van der Waals surface area contributed by atoms with Gasteiger partial charge in [0.25, 0.3) is 5.91 Å². The van der Waals surface area contributed by atoms with Crippen molar-refractivity contribution in [1.82, 2.24) is 15.1 Å². The molecule has 10 heteroatoms. The molecule has 1 heterocycles. The van der Waals surface area contributed by atoms with Crippen LogP contribution in [0.4, 0.5) is 18.9 Å². The Balaban J connectivity index is 2.59. The van der Waals surface area contributed by atoms with Crippen molar-refractivity contribution in [1.29, 1.82) is 0 Å². The van der Waals surface area contributed by atoms with E-state index in [1.807, 2.05) is 0 Å². The van der Waals surface area contributed by atoms with Gasteiger partial charge in [-0.3, -0.25) is 9.48 Å². The van der Waals surface area contributed by atoms with Crippen LogP contribution in [0.1, 0.15) is 23.1 Å². The average Bonchev–Trinajstić information content (AvgIpc) is 2.67. The number of ether oxygens (including phenoxy) is 1. The van der Waals surface area contributed by atoms with Crippen molar-refractivity contribution in [2.45, 2.75) is 19.5 Å². The van der Waals surface area contributed by atoms with E-state index in [4.69, 9.17) is 5.73 Å². The maximum absolute atomic E-state index is 11.9. The first kappa shape index (κ1) is 16.8. The third kappa shape index (κ3) is 4.65. The molecule has 0 atom stereocenters. The summed E-state index contributed by atoms with van der Waals surface area (Å²) in [5.74, 6) is -1.98. The zero-order chi connectivity index (χ0) is 16.2. The van der Waals surface area contributed by atoms with E-state index in [0.29, 0.717) is 12.1 Å². The number of aromatic nitrogens is 2. The molecule has 1 aromatic rings. The molecule has 0 aliphatic rings. The van der Waals surface area contributed by atoms with E-state index in [1.54, 1.807) is 12.2 Å². The summed E-state index contributed by atoms with van der Waals surface area (Å²) in [5, 5.41) is 5.57. The molecule has 1 rings (SSSR count). The van der Waals surface area contributed by atoms with Crippen molar-refractivity contribution < 1.29 is 27.5 Å². The Bertz CT molecular complexity index is 540. The summed E-state index contributed by atoms with van der Waals surface area (Å²) in [7, 11) is 1.47. The van der Waals surface area contributed by atoms with Gasteiger partial charge in [0, 0.05) is 7.05 Å². The van der Waals surface area contributed by atoms with E-state index in [-0.39, 0.29) is 11.4 Å². The van der Waals surface area contributed by atoms with Gasteiger partial charge in [-0.05, 0) is 6.42 Å². The van der Waals surface area contributed by atoms with Crippen LogP contribution in [0.3, 0.4) is 0 Å². The van der Waals surface area contributed by atoms with Crippen LogP contribution in [0.15, 0.2) is 0 Å². The van der Waals surface area contributed by atoms with Crippen LogP contribution in [0.2, 0.25) is 0 Å². The zero-order valence-electron chi connectivity index (χ0n) is 11.5. The molecular formula is C11H15F3N4O3. The molecule has 1 amide bonds. The number of aryl methyl sites for hydroxylation is 2. The van der Waals surface area contributed by atoms with E-state index in [2.05, 4.69) is 9.84 Å². The molecule has 7 nitrogen and oxygen atoms in total. The molecule has 0 aliphatic carbocycles. The second kappa shape index (κ2) is 6.46. The highest BCUT2D eigenvalue weighted by Crippen LogP contribution is 2.17. The molecular weight excluding hydrogens is 293 g/mol. The van der Waals surface area contributed by atoms with Gasteiger partial charge in [-0.15, -0.1) is 0 Å². The number of hydrogen-bond acceptors (Lipinski definition) is 5. The maximum Gasteiger partial charge on any atom is 0.405 e. The number of anilines is 1. The number of carbonyl (C=O) groups excluding carboxylic acids is 2. The normalized spacial score (nSPS) is 11.3. The molecule has 0 saturated heterocycles. The molecule has 0 unspecified atom stereocenters. The van der Waals surface area contributed by atoms with Crippen LogP contribution < -0.4 is 11.1 Å². The molecule has 0 saturated carbocycles. The highest BCUT2D eigenvalue weighted by molar-refractivity contribution is 5.95. The third-order valence-electron chi connectivity index (χ3n) is 2.51. The molecule has 0 aromatic carbocycles. The van der Waals surface area contributed by atoms with Gasteiger partial charge in [-0.2, -0.15) is 18.3 Å². The van der Waals surface area contributed by atoms with E-state index >= 15 is 0 Å². The van der Waals surface area contributed by atoms with Gasteiger partial charge in [-0.1, -0.05) is 6.92 Å². The Morgan fingerprint density at radius 3 is 2.52 bits per heavy atom. The Labute approximate surface area is 118 Å². The number of esters is 1. The largest absolute Gasteiger partial charge is 0.451 e. The second-order valence-electron chi connectivity index (χ2n) is 4.15. The monoisotopic (exact) mass is 308 g/mol. The summed E-state index contributed by atoms with van der Waals surface area (Å²) in [6.45, 7) is -0.531. The highest BCUT2D eigenvalue weighted by Gasteiger charge is 2.28. The molecule has 0 fully saturated rings. The number of nitrogen functional groups attached to an aromatic ring is 1. The minimum absolute atomic E-state index is 0.0459. The van der Waals surface area contributed by atoms with E-state index < -0.39 is 31.2 Å². The Kier molecular flexibility index (Phi) is 5.17. The Morgan fingerprint density at radius 2 is 2.05 bits per heavy atom. The predicted octanol–water partition coefficient (Wildman–Crippen LogP) is 0.400. The van der Waals surface area contributed by atoms with Crippen molar-refractivity contribution in [2.24, 2.45) is 7.05 Å². The van der Waals surface area contributed by atoms with Crippen LogP contribution in [0.5, 0.6) is 0 Å². The number of nitrogens with zero attached hydrogens (tertiary/aromatic N) is 2. The molecule has 0 spiro atoms. The number of carbonyl (C=O) groups is 2. The molecule has 0 radical (unpaired) electrons. The van der Waals surface area contributed by atoms with Crippen molar-refractivity contribution in [3.8, 4) is 0 Å². The van der Waals surface area contributed by atoms with Gasteiger partial charge in [0.05, 0.1) is 11.4 Å². The number of alkyl halides is 3. The van der Waals surface area contributed by atoms with E-state index in [1.165, 1.54) is 11.7 Å². The summed E-state index contributed by atoms with van der Waals surface area (Å²) in [6, 6.07) is 0. The zero-order valence-corrected chi connectivity index (χ0v) is 11.5. The third-order valence-corrected chi connectivity index (χ3v) is 2.51. The van der Waals surface area contributed by atoms with Gasteiger partial charge in [0.2, 0.25) is 0 Å². The van der Waals surface area contributed by atoms with Crippen molar-refractivity contribution >= 4 is 17.6 Å². The quantitative estimate of drug-likeness (QED) is 0.767. The summed E-state index contributed by atoms with van der Waals surface area (Å²) in [5.41, 5.74) is 6.28. The molecule has 21 heavy (non-hydrogen) atoms. The van der Waals surface area contributed by atoms with Gasteiger partial charge in [-0.25, -0.2) is 4.79 Å². The minimum atomic E-state index is -4.53. The van der Waals surface area contributed by atoms with Crippen LogP contribution >= 0.6 is 0 Å². The number of nitrogens with one attached hydrogen (secondary N) is 1. The topological polar surface area (TPSA) is 99.2 Å². The Morgan fingerprint density at radius 1 is 1.43 bits per heavy atom. The fourth-order valence-corrected chi connectivity index (χ4v) is 1.55. The summed E-state index contributed by atoms with van der Waals surface area (Å²) < 4.78 is 41.4. The number of halogens is 3. The number of rotatable bonds is 5. The van der Waals surface area contributed by atoms with Gasteiger partial charge in [0.1, 0.15) is 6.54 Å². The van der Waals surface area contributed by atoms with Crippen molar-refractivity contribution in [3.05, 3.63) is 11.4 Å². The lowest BCUT2D eigenvalue weighted by atomic mass is 10.2. The smallest absolute Gasteiger partial charge is 0.405 e. The molecule has 3 N–H and O–H groups in total. The number of hydrogen-bond donors (Lipinski definition) is 2. The van der Waals surface area contributed by atoms with Crippen LogP contribution in [-0.4, -0.2) is 41.0 Å². The standard InChI is InChI=1S/C11H15F3N4O3/c1-3-6-8(15)9(18(2)17-6)10(20)21-4-7(19)16-5-11(12,13)14/h3-5,15H2,1-2H3,(H,16,19). The predicted molar refractivity (Wildman–Crippen MR) is 66.3 cm³/mol. The van der Waals surface area contributed by atoms with Gasteiger partial charge >= 0.3 is 12.1 Å². The fraction of sp³-hybridized carbons (Fsp3) is 0.545. The highest BCUT2D eigenvalue weighted by atomic mass is 19.4. The van der Waals surface area contributed by atoms with E-state index in [9.17, 15) is 22.8 Å². The summed E-state index contributed by atoms with van der Waals surface area (Å²) >= 11 is 0. The minimum Gasteiger partial charge on any atom is -0.451 e. The summed E-state index contributed by atoms with van der Waals surface area (Å²) in [4.78, 5) is 22.9. The Hall–Kier alpha value is -2.26. The average molecular weight is 308 g/mol. The van der Waals surface area contributed by atoms with Crippen molar-refractivity contribution in [2.75, 3.05) is 18.9 Å². The lowest BCUT2D eigenvalue weighted by Gasteiger charge is -2.09. The van der Waals surface area contributed by atoms with Crippen LogP contribution in [0, 0.1) is 0 Å². The second-order valence-corrected chi connectivity index (χ2v) is 4.15. The van der Waals surface area contributed by atoms with Gasteiger partial charge < -0.3 is 15.8 Å². The number of amides is 1. The molecule has 0 bridgehead atoms. The lowest BCUT2D eigenvalue weighted by molar-refractivity contribution is -0.140. The first-order valence-electron chi connectivity index (χ1n) is 5.97. The first-order chi connectivity index (χ1) is 9.65. The van der Waals surface area contributed by atoms with Gasteiger partial charge in [0.15, 0.2) is 12.3 Å². The molecule has 118 valence electrons. The summed E-state index contributed by atoms with van der Waals surface area (Å²) in [6.07, 6.45) is -4.03. The SMILES string of the molecule is CCc1nn(C)c(C(=O)OCC(=O)NCC(F)(F)F)c1N. The maximum atomic E-state index is 11.9. The van der Waals surface area contributed by atoms with Crippen LogP contribution in [-0.2, 0) is 23.0 Å². The fourth-order valence-electron chi connectivity index (χ4n) is 1.55. The first-order valence-corrected chi connectivity index (χ1v) is 5.97.